The fourth-order valence-electron chi connectivity index (χ4n) is 1.18. The summed E-state index contributed by atoms with van der Waals surface area (Å²) >= 11 is 0. The first-order chi connectivity index (χ1) is 6.44. The molecular weight excluding hydrogens is 178 g/mol. The zero-order valence-corrected chi connectivity index (χ0v) is 9.45. The molecule has 0 atom stereocenters. The lowest BCUT2D eigenvalue weighted by molar-refractivity contribution is 0.337. The second kappa shape index (κ2) is 3.98. The third-order valence-electron chi connectivity index (χ3n) is 2.21. The van der Waals surface area contributed by atoms with Crippen LogP contribution in [0, 0.1) is 5.41 Å². The van der Waals surface area contributed by atoms with Crippen molar-refractivity contribution in [3.05, 3.63) is 16.8 Å². The Bertz CT molecular complexity index is 343. The van der Waals surface area contributed by atoms with Crippen molar-refractivity contribution in [2.24, 2.45) is 5.41 Å². The van der Waals surface area contributed by atoms with Gasteiger partial charge >= 0.3 is 5.69 Å². The van der Waals surface area contributed by atoms with E-state index in [0.717, 1.165) is 6.42 Å². The summed E-state index contributed by atoms with van der Waals surface area (Å²) < 4.78 is 3.15. The summed E-state index contributed by atoms with van der Waals surface area (Å²) in [6.45, 7) is 9.82. The molecule has 1 aromatic rings. The molecule has 0 aromatic carbocycles. The molecule has 0 saturated carbocycles. The standard InChI is InChI=1S/C10H19N3O/c1-5-12-8-11-13(9(12)14)7-6-10(2,3)4/h8H,5-7H2,1-4H3. The molecule has 0 unspecified atom stereocenters. The molecular formula is C10H19N3O. The lowest BCUT2D eigenvalue weighted by atomic mass is 9.92. The molecule has 4 heteroatoms. The van der Waals surface area contributed by atoms with E-state index in [1.807, 2.05) is 6.92 Å². The average molecular weight is 197 g/mol. The SMILES string of the molecule is CCn1cnn(CCC(C)(C)C)c1=O. The van der Waals surface area contributed by atoms with Crippen LogP contribution in [0.25, 0.3) is 0 Å². The highest BCUT2D eigenvalue weighted by Crippen LogP contribution is 2.18. The summed E-state index contributed by atoms with van der Waals surface area (Å²) in [7, 11) is 0. The molecule has 1 aromatic heterocycles. The highest BCUT2D eigenvalue weighted by Gasteiger charge is 2.11. The predicted octanol–water partition coefficient (Wildman–Crippen LogP) is 1.50. The van der Waals surface area contributed by atoms with Crippen molar-refractivity contribution in [1.29, 1.82) is 0 Å². The van der Waals surface area contributed by atoms with E-state index in [0.29, 0.717) is 13.1 Å². The van der Waals surface area contributed by atoms with E-state index in [9.17, 15) is 4.79 Å². The zero-order chi connectivity index (χ0) is 10.8. The lowest BCUT2D eigenvalue weighted by Crippen LogP contribution is -2.26. The molecule has 0 spiro atoms. The van der Waals surface area contributed by atoms with Crippen molar-refractivity contribution in [1.82, 2.24) is 14.3 Å². The Balaban J connectivity index is 2.69. The number of rotatable bonds is 3. The quantitative estimate of drug-likeness (QED) is 0.736. The van der Waals surface area contributed by atoms with Gasteiger partial charge in [0.25, 0.3) is 0 Å². The van der Waals surface area contributed by atoms with Crippen molar-refractivity contribution < 1.29 is 0 Å². The van der Waals surface area contributed by atoms with E-state index < -0.39 is 0 Å². The van der Waals surface area contributed by atoms with Gasteiger partial charge in [-0.1, -0.05) is 20.8 Å². The molecule has 0 aliphatic carbocycles. The second-order valence-electron chi connectivity index (χ2n) is 4.73. The van der Waals surface area contributed by atoms with E-state index in [2.05, 4.69) is 25.9 Å². The maximum absolute atomic E-state index is 11.6. The maximum Gasteiger partial charge on any atom is 0.345 e. The van der Waals surface area contributed by atoms with Crippen molar-refractivity contribution >= 4 is 0 Å². The minimum Gasteiger partial charge on any atom is -0.282 e. The average Bonchev–Trinajstić information content (AvgIpc) is 2.42. The number of aromatic nitrogens is 3. The van der Waals surface area contributed by atoms with Crippen LogP contribution in [-0.4, -0.2) is 14.3 Å². The summed E-state index contributed by atoms with van der Waals surface area (Å²) in [5.41, 5.74) is 0.242. The highest BCUT2D eigenvalue weighted by atomic mass is 16.2. The molecule has 0 saturated heterocycles. The lowest BCUT2D eigenvalue weighted by Gasteiger charge is -2.16. The van der Waals surface area contributed by atoms with E-state index in [4.69, 9.17) is 0 Å². The smallest absolute Gasteiger partial charge is 0.282 e. The monoisotopic (exact) mass is 197 g/mol. The van der Waals surface area contributed by atoms with Crippen molar-refractivity contribution in [3.63, 3.8) is 0 Å². The van der Waals surface area contributed by atoms with Crippen LogP contribution in [0.5, 0.6) is 0 Å². The van der Waals surface area contributed by atoms with E-state index in [1.54, 1.807) is 10.9 Å². The van der Waals surface area contributed by atoms with Crippen molar-refractivity contribution in [3.8, 4) is 0 Å². The van der Waals surface area contributed by atoms with Gasteiger partial charge < -0.3 is 0 Å². The van der Waals surface area contributed by atoms with Gasteiger partial charge in [0.15, 0.2) is 0 Å². The van der Waals surface area contributed by atoms with E-state index in [-0.39, 0.29) is 11.1 Å². The molecule has 0 fully saturated rings. The summed E-state index contributed by atoms with van der Waals surface area (Å²) in [4.78, 5) is 11.6. The second-order valence-corrected chi connectivity index (χ2v) is 4.73. The molecule has 0 radical (unpaired) electrons. The molecule has 80 valence electrons. The summed E-state index contributed by atoms with van der Waals surface area (Å²) in [6, 6.07) is 0. The zero-order valence-electron chi connectivity index (χ0n) is 9.45. The van der Waals surface area contributed by atoms with Gasteiger partial charge in [-0.2, -0.15) is 5.10 Å². The first-order valence-corrected chi connectivity index (χ1v) is 5.06. The number of nitrogens with zero attached hydrogens (tertiary/aromatic N) is 3. The van der Waals surface area contributed by atoms with Crippen LogP contribution in [0.1, 0.15) is 34.1 Å². The van der Waals surface area contributed by atoms with Crippen LogP contribution < -0.4 is 5.69 Å². The third-order valence-corrected chi connectivity index (χ3v) is 2.21. The minimum absolute atomic E-state index is 0.00301. The molecule has 0 amide bonds. The predicted molar refractivity (Wildman–Crippen MR) is 56.2 cm³/mol. The van der Waals surface area contributed by atoms with E-state index in [1.165, 1.54) is 4.68 Å². The van der Waals surface area contributed by atoms with Crippen LogP contribution in [-0.2, 0) is 13.1 Å². The van der Waals surface area contributed by atoms with Crippen LogP contribution in [0.3, 0.4) is 0 Å². The Hall–Kier alpha value is -1.06. The largest absolute Gasteiger partial charge is 0.345 e. The van der Waals surface area contributed by atoms with Gasteiger partial charge in [0.05, 0.1) is 0 Å². The van der Waals surface area contributed by atoms with Gasteiger partial charge in [0.2, 0.25) is 0 Å². The van der Waals surface area contributed by atoms with Gasteiger partial charge in [-0.05, 0) is 18.8 Å². The number of hydrogen-bond donors (Lipinski definition) is 0. The summed E-state index contributed by atoms with van der Waals surface area (Å²) in [5.74, 6) is 0. The normalized spacial score (nSPS) is 12.0. The van der Waals surface area contributed by atoms with Crippen LogP contribution in [0.2, 0.25) is 0 Å². The molecule has 4 nitrogen and oxygen atoms in total. The first-order valence-electron chi connectivity index (χ1n) is 5.06. The number of aryl methyl sites for hydroxylation is 2. The van der Waals surface area contributed by atoms with Gasteiger partial charge in [0, 0.05) is 13.1 Å². The van der Waals surface area contributed by atoms with Gasteiger partial charge in [-0.15, -0.1) is 0 Å². The maximum atomic E-state index is 11.6. The Kier molecular flexibility index (Phi) is 3.13. The van der Waals surface area contributed by atoms with Crippen molar-refractivity contribution in [2.75, 3.05) is 0 Å². The van der Waals surface area contributed by atoms with Gasteiger partial charge in [0.1, 0.15) is 6.33 Å². The molecule has 14 heavy (non-hydrogen) atoms. The van der Waals surface area contributed by atoms with Crippen LogP contribution >= 0.6 is 0 Å². The Morgan fingerprint density at radius 2 is 2.07 bits per heavy atom. The fourth-order valence-corrected chi connectivity index (χ4v) is 1.18. The topological polar surface area (TPSA) is 39.8 Å². The molecule has 0 aliphatic heterocycles. The molecule has 0 N–H and O–H groups in total. The molecule has 1 rings (SSSR count). The van der Waals surface area contributed by atoms with Crippen LogP contribution in [0.15, 0.2) is 11.1 Å². The third kappa shape index (κ3) is 2.72. The first kappa shape index (κ1) is 11.0. The molecule has 1 heterocycles. The summed E-state index contributed by atoms with van der Waals surface area (Å²) in [5, 5.41) is 4.06. The highest BCUT2D eigenvalue weighted by molar-refractivity contribution is 4.69. The Labute approximate surface area is 84.5 Å². The van der Waals surface area contributed by atoms with Crippen molar-refractivity contribution in [2.45, 2.75) is 47.2 Å². The van der Waals surface area contributed by atoms with E-state index >= 15 is 0 Å². The number of hydrogen-bond acceptors (Lipinski definition) is 2. The molecule has 0 bridgehead atoms. The minimum atomic E-state index is -0.00301. The Morgan fingerprint density at radius 1 is 1.43 bits per heavy atom. The fraction of sp³-hybridized carbons (Fsp3) is 0.800. The van der Waals surface area contributed by atoms with Crippen LogP contribution in [0.4, 0.5) is 0 Å². The Morgan fingerprint density at radius 3 is 2.50 bits per heavy atom. The van der Waals surface area contributed by atoms with Gasteiger partial charge in [-0.3, -0.25) is 4.57 Å². The molecule has 0 aliphatic rings. The van der Waals surface area contributed by atoms with Gasteiger partial charge in [-0.25, -0.2) is 9.48 Å². The summed E-state index contributed by atoms with van der Waals surface area (Å²) in [6.07, 6.45) is 2.57.